The number of aromatic nitrogens is 1. The molecule has 0 radical (unpaired) electrons. The molecule has 1 saturated heterocycles. The minimum atomic E-state index is -0.332. The standard InChI is InChI=1S/C11H14ClN3O/c1-11(4-5-13-7-11)10(16)15-9-3-2-8(12)6-14-9/h2-3,6,13H,4-5,7H2,1H3,(H,14,15,16). The summed E-state index contributed by atoms with van der Waals surface area (Å²) in [5.41, 5.74) is -0.332. The van der Waals surface area contributed by atoms with E-state index >= 15 is 0 Å². The number of hydrogen-bond donors (Lipinski definition) is 2. The quantitative estimate of drug-likeness (QED) is 0.826. The summed E-state index contributed by atoms with van der Waals surface area (Å²) in [5.74, 6) is 0.551. The highest BCUT2D eigenvalue weighted by Crippen LogP contribution is 2.26. The average Bonchev–Trinajstić information content (AvgIpc) is 2.70. The monoisotopic (exact) mass is 239 g/mol. The maximum Gasteiger partial charge on any atom is 0.232 e. The van der Waals surface area contributed by atoms with E-state index in [0.717, 1.165) is 13.0 Å². The molecule has 0 spiro atoms. The van der Waals surface area contributed by atoms with Crippen LogP contribution in [0.3, 0.4) is 0 Å². The normalized spacial score (nSPS) is 24.4. The predicted octanol–water partition coefficient (Wildman–Crippen LogP) is 1.67. The lowest BCUT2D eigenvalue weighted by molar-refractivity contribution is -0.123. The molecule has 1 aliphatic rings. The largest absolute Gasteiger partial charge is 0.316 e. The molecule has 16 heavy (non-hydrogen) atoms. The predicted molar refractivity (Wildman–Crippen MR) is 63.5 cm³/mol. The molecular weight excluding hydrogens is 226 g/mol. The number of pyridine rings is 1. The number of amides is 1. The fourth-order valence-corrected chi connectivity index (χ4v) is 1.84. The molecule has 2 N–H and O–H groups in total. The van der Waals surface area contributed by atoms with Gasteiger partial charge in [-0.2, -0.15) is 0 Å². The Morgan fingerprint density at radius 1 is 1.62 bits per heavy atom. The van der Waals surface area contributed by atoms with Gasteiger partial charge >= 0.3 is 0 Å². The van der Waals surface area contributed by atoms with Crippen molar-refractivity contribution in [3.8, 4) is 0 Å². The Morgan fingerprint density at radius 2 is 2.44 bits per heavy atom. The first-order valence-corrected chi connectivity index (χ1v) is 5.62. The number of rotatable bonds is 2. The van der Waals surface area contributed by atoms with Crippen LogP contribution >= 0.6 is 11.6 Å². The fourth-order valence-electron chi connectivity index (χ4n) is 1.73. The van der Waals surface area contributed by atoms with Crippen LogP contribution in [0, 0.1) is 5.41 Å². The molecule has 0 saturated carbocycles. The zero-order chi connectivity index (χ0) is 11.6. The minimum Gasteiger partial charge on any atom is -0.316 e. The van der Waals surface area contributed by atoms with E-state index in [4.69, 9.17) is 11.6 Å². The second kappa shape index (κ2) is 4.39. The van der Waals surface area contributed by atoms with Gasteiger partial charge in [-0.1, -0.05) is 11.6 Å². The number of carbonyl (C=O) groups is 1. The Bertz CT molecular complexity index is 385. The third-order valence-corrected chi connectivity index (χ3v) is 3.11. The van der Waals surface area contributed by atoms with Crippen molar-refractivity contribution in [2.45, 2.75) is 13.3 Å². The van der Waals surface area contributed by atoms with Gasteiger partial charge in [0, 0.05) is 12.7 Å². The van der Waals surface area contributed by atoms with Crippen molar-refractivity contribution in [3.05, 3.63) is 23.4 Å². The number of nitrogens with one attached hydrogen (secondary N) is 2. The van der Waals surface area contributed by atoms with E-state index in [9.17, 15) is 4.79 Å². The highest BCUT2D eigenvalue weighted by atomic mass is 35.5. The first-order chi connectivity index (χ1) is 7.60. The number of carbonyl (C=O) groups excluding carboxylic acids is 1. The Morgan fingerprint density at radius 3 is 3.00 bits per heavy atom. The molecule has 5 heteroatoms. The van der Waals surface area contributed by atoms with Crippen molar-refractivity contribution < 1.29 is 4.79 Å². The average molecular weight is 240 g/mol. The summed E-state index contributed by atoms with van der Waals surface area (Å²) in [6.45, 7) is 3.56. The zero-order valence-corrected chi connectivity index (χ0v) is 9.84. The van der Waals surface area contributed by atoms with E-state index in [2.05, 4.69) is 15.6 Å². The molecule has 1 aliphatic heterocycles. The smallest absolute Gasteiger partial charge is 0.232 e. The zero-order valence-electron chi connectivity index (χ0n) is 9.09. The van der Waals surface area contributed by atoms with Crippen LogP contribution in [-0.4, -0.2) is 24.0 Å². The Labute approximate surface area is 99.4 Å². The number of anilines is 1. The van der Waals surface area contributed by atoms with Crippen LogP contribution < -0.4 is 10.6 Å². The molecule has 1 atom stereocenters. The lowest BCUT2D eigenvalue weighted by Gasteiger charge is -2.20. The van der Waals surface area contributed by atoms with Crippen LogP contribution in [0.5, 0.6) is 0 Å². The van der Waals surface area contributed by atoms with Gasteiger partial charge in [-0.3, -0.25) is 4.79 Å². The summed E-state index contributed by atoms with van der Waals surface area (Å²) in [7, 11) is 0. The van der Waals surface area contributed by atoms with Gasteiger partial charge in [0.05, 0.1) is 10.4 Å². The third kappa shape index (κ3) is 2.33. The van der Waals surface area contributed by atoms with Gasteiger partial charge in [0.25, 0.3) is 0 Å². The SMILES string of the molecule is CC1(C(=O)Nc2ccc(Cl)cn2)CCNC1. The molecule has 1 unspecified atom stereocenters. The molecule has 1 fully saturated rings. The molecular formula is C11H14ClN3O. The molecule has 2 rings (SSSR count). The topological polar surface area (TPSA) is 54.0 Å². The van der Waals surface area contributed by atoms with E-state index in [-0.39, 0.29) is 11.3 Å². The summed E-state index contributed by atoms with van der Waals surface area (Å²) in [6.07, 6.45) is 2.37. The van der Waals surface area contributed by atoms with Crippen LogP contribution in [0.1, 0.15) is 13.3 Å². The fraction of sp³-hybridized carbons (Fsp3) is 0.455. The number of hydrogen-bond acceptors (Lipinski definition) is 3. The number of halogens is 1. The van der Waals surface area contributed by atoms with Crippen molar-refractivity contribution in [1.29, 1.82) is 0 Å². The molecule has 0 bridgehead atoms. The molecule has 0 aromatic carbocycles. The van der Waals surface area contributed by atoms with Crippen LogP contribution in [0.2, 0.25) is 5.02 Å². The Hall–Kier alpha value is -1.13. The molecule has 1 aromatic heterocycles. The molecule has 1 amide bonds. The van der Waals surface area contributed by atoms with Gasteiger partial charge in [-0.15, -0.1) is 0 Å². The maximum absolute atomic E-state index is 12.0. The maximum atomic E-state index is 12.0. The van der Waals surface area contributed by atoms with Gasteiger partial charge in [0.15, 0.2) is 0 Å². The molecule has 1 aromatic rings. The first-order valence-electron chi connectivity index (χ1n) is 5.24. The highest BCUT2D eigenvalue weighted by Gasteiger charge is 2.36. The molecule has 86 valence electrons. The second-order valence-corrected chi connectivity index (χ2v) is 4.74. The van der Waals surface area contributed by atoms with E-state index in [0.29, 0.717) is 17.4 Å². The minimum absolute atomic E-state index is 0.00678. The summed E-state index contributed by atoms with van der Waals surface area (Å²) in [6, 6.07) is 3.41. The van der Waals surface area contributed by atoms with Crippen molar-refractivity contribution in [1.82, 2.24) is 10.3 Å². The van der Waals surface area contributed by atoms with Gasteiger partial charge in [0.2, 0.25) is 5.91 Å². The van der Waals surface area contributed by atoms with Crippen molar-refractivity contribution in [2.24, 2.45) is 5.41 Å². The molecule has 4 nitrogen and oxygen atoms in total. The van der Waals surface area contributed by atoms with E-state index in [1.807, 2.05) is 6.92 Å². The van der Waals surface area contributed by atoms with Crippen LogP contribution in [0.25, 0.3) is 0 Å². The first kappa shape index (κ1) is 11.4. The Kier molecular flexibility index (Phi) is 3.12. The summed E-state index contributed by atoms with van der Waals surface area (Å²) in [5, 5.41) is 6.55. The van der Waals surface area contributed by atoms with Crippen LogP contribution in [0.4, 0.5) is 5.82 Å². The number of nitrogens with zero attached hydrogens (tertiary/aromatic N) is 1. The molecule has 2 heterocycles. The van der Waals surface area contributed by atoms with Gasteiger partial charge in [0.1, 0.15) is 5.82 Å². The Balaban J connectivity index is 2.04. The van der Waals surface area contributed by atoms with E-state index < -0.39 is 0 Å². The third-order valence-electron chi connectivity index (χ3n) is 2.89. The van der Waals surface area contributed by atoms with Gasteiger partial charge in [-0.05, 0) is 32.0 Å². The van der Waals surface area contributed by atoms with Crippen LogP contribution in [0.15, 0.2) is 18.3 Å². The van der Waals surface area contributed by atoms with E-state index in [1.54, 1.807) is 12.1 Å². The van der Waals surface area contributed by atoms with Crippen molar-refractivity contribution in [3.63, 3.8) is 0 Å². The lowest BCUT2D eigenvalue weighted by atomic mass is 9.89. The lowest BCUT2D eigenvalue weighted by Crippen LogP contribution is -2.35. The van der Waals surface area contributed by atoms with Gasteiger partial charge < -0.3 is 10.6 Å². The van der Waals surface area contributed by atoms with Crippen molar-refractivity contribution in [2.75, 3.05) is 18.4 Å². The summed E-state index contributed by atoms with van der Waals surface area (Å²) >= 11 is 5.72. The highest BCUT2D eigenvalue weighted by molar-refractivity contribution is 6.30. The van der Waals surface area contributed by atoms with E-state index in [1.165, 1.54) is 6.20 Å². The summed E-state index contributed by atoms with van der Waals surface area (Å²) in [4.78, 5) is 16.0. The summed E-state index contributed by atoms with van der Waals surface area (Å²) < 4.78 is 0. The second-order valence-electron chi connectivity index (χ2n) is 4.30. The van der Waals surface area contributed by atoms with Gasteiger partial charge in [-0.25, -0.2) is 4.98 Å². The molecule has 0 aliphatic carbocycles. The van der Waals surface area contributed by atoms with Crippen LogP contribution in [-0.2, 0) is 4.79 Å². The van der Waals surface area contributed by atoms with Crippen molar-refractivity contribution >= 4 is 23.3 Å².